The topological polar surface area (TPSA) is 49.3 Å². The van der Waals surface area contributed by atoms with Gasteiger partial charge in [0.05, 0.1) is 0 Å². The number of phenolic OH excluding ortho intramolecular Hbond substituents is 1. The Balaban J connectivity index is 2.12. The lowest BCUT2D eigenvalue weighted by Crippen LogP contribution is -2.43. The lowest BCUT2D eigenvalue weighted by molar-refractivity contribution is 0.0922. The molecule has 3 nitrogen and oxygen atoms in total. The summed E-state index contributed by atoms with van der Waals surface area (Å²) in [5.74, 6) is -1.52. The van der Waals surface area contributed by atoms with Gasteiger partial charge in [0.25, 0.3) is 5.91 Å². The monoisotopic (exact) mass is 283 g/mol. The highest BCUT2D eigenvalue weighted by Gasteiger charge is 2.27. The van der Waals surface area contributed by atoms with Crippen molar-refractivity contribution in [3.05, 3.63) is 29.6 Å². The molecular formula is C14H18FNO2S. The van der Waals surface area contributed by atoms with Crippen molar-refractivity contribution in [3.8, 4) is 5.75 Å². The van der Waals surface area contributed by atoms with Crippen LogP contribution in [0, 0.1) is 5.82 Å². The summed E-state index contributed by atoms with van der Waals surface area (Å²) in [6, 6.07) is 3.94. The Hall–Kier alpha value is -1.23. The molecule has 0 radical (unpaired) electrons. The number of hydrogen-bond acceptors (Lipinski definition) is 3. The van der Waals surface area contributed by atoms with Crippen molar-refractivity contribution in [1.29, 1.82) is 0 Å². The van der Waals surface area contributed by atoms with Gasteiger partial charge in [0.15, 0.2) is 0 Å². The molecule has 2 rings (SSSR count). The second-order valence-electron chi connectivity index (χ2n) is 4.77. The zero-order valence-electron chi connectivity index (χ0n) is 10.9. The molecule has 0 aromatic heterocycles. The lowest BCUT2D eigenvalue weighted by atomic mass is 9.94. The van der Waals surface area contributed by atoms with Crippen LogP contribution >= 0.6 is 11.8 Å². The van der Waals surface area contributed by atoms with Crippen LogP contribution in [0.5, 0.6) is 5.75 Å². The summed E-state index contributed by atoms with van der Waals surface area (Å²) >= 11 is 1.73. The number of benzene rings is 1. The maximum atomic E-state index is 13.6. The van der Waals surface area contributed by atoms with E-state index in [2.05, 4.69) is 5.32 Å². The molecule has 1 aliphatic rings. The fraction of sp³-hybridized carbons (Fsp3) is 0.500. The standard InChI is InChI=1S/C14H18FNO2S/c1-19-12-8-3-2-6-10(12)16-14(18)13-9(15)5-4-7-11(13)17/h4-5,7,10,12,17H,2-3,6,8H2,1H3,(H,16,18). The van der Waals surface area contributed by atoms with Crippen LogP contribution in [0.25, 0.3) is 0 Å². The van der Waals surface area contributed by atoms with Gasteiger partial charge in [-0.05, 0) is 31.2 Å². The van der Waals surface area contributed by atoms with E-state index >= 15 is 0 Å². The third kappa shape index (κ3) is 3.21. The Morgan fingerprint density at radius 2 is 2.16 bits per heavy atom. The number of hydrogen-bond donors (Lipinski definition) is 2. The molecular weight excluding hydrogens is 265 g/mol. The van der Waals surface area contributed by atoms with E-state index < -0.39 is 11.7 Å². The molecule has 104 valence electrons. The predicted octanol–water partition coefficient (Wildman–Crippen LogP) is 2.94. The molecule has 19 heavy (non-hydrogen) atoms. The van der Waals surface area contributed by atoms with Crippen LogP contribution in [0.1, 0.15) is 36.0 Å². The Bertz CT molecular complexity index is 447. The maximum absolute atomic E-state index is 13.6. The van der Waals surface area contributed by atoms with Gasteiger partial charge in [0, 0.05) is 11.3 Å². The predicted molar refractivity (Wildman–Crippen MR) is 75.1 cm³/mol. The molecule has 1 amide bonds. The number of nitrogens with one attached hydrogen (secondary N) is 1. The first-order chi connectivity index (χ1) is 9.13. The Labute approximate surface area is 116 Å². The molecule has 2 N–H and O–H groups in total. The molecule has 0 spiro atoms. The number of aromatic hydroxyl groups is 1. The average molecular weight is 283 g/mol. The minimum atomic E-state index is -0.686. The number of rotatable bonds is 3. The normalized spacial score (nSPS) is 23.1. The van der Waals surface area contributed by atoms with Crippen LogP contribution in [-0.2, 0) is 0 Å². The molecule has 1 saturated carbocycles. The van der Waals surface area contributed by atoms with Gasteiger partial charge in [-0.3, -0.25) is 4.79 Å². The van der Waals surface area contributed by atoms with Gasteiger partial charge in [0.1, 0.15) is 17.1 Å². The summed E-state index contributed by atoms with van der Waals surface area (Å²) in [6.45, 7) is 0. The molecule has 5 heteroatoms. The average Bonchev–Trinajstić information content (AvgIpc) is 2.39. The third-order valence-electron chi connectivity index (χ3n) is 3.54. The van der Waals surface area contributed by atoms with E-state index in [-0.39, 0.29) is 17.4 Å². The highest BCUT2D eigenvalue weighted by molar-refractivity contribution is 7.99. The lowest BCUT2D eigenvalue weighted by Gasteiger charge is -2.31. The molecule has 0 saturated heterocycles. The van der Waals surface area contributed by atoms with E-state index in [4.69, 9.17) is 0 Å². The second-order valence-corrected chi connectivity index (χ2v) is 5.85. The largest absolute Gasteiger partial charge is 0.507 e. The van der Waals surface area contributed by atoms with Crippen molar-refractivity contribution < 1.29 is 14.3 Å². The smallest absolute Gasteiger partial charge is 0.258 e. The van der Waals surface area contributed by atoms with Crippen molar-refractivity contribution in [1.82, 2.24) is 5.32 Å². The van der Waals surface area contributed by atoms with Crippen molar-refractivity contribution in [2.45, 2.75) is 37.0 Å². The number of amides is 1. The van der Waals surface area contributed by atoms with Gasteiger partial charge in [-0.1, -0.05) is 18.9 Å². The van der Waals surface area contributed by atoms with Crippen LogP contribution < -0.4 is 5.32 Å². The second kappa shape index (κ2) is 6.28. The Kier molecular flexibility index (Phi) is 4.69. The van der Waals surface area contributed by atoms with Crippen molar-refractivity contribution in [2.75, 3.05) is 6.26 Å². The highest BCUT2D eigenvalue weighted by Crippen LogP contribution is 2.28. The SMILES string of the molecule is CSC1CCCCC1NC(=O)c1c(O)cccc1F. The fourth-order valence-corrected chi connectivity index (χ4v) is 3.46. The number of carbonyl (C=O) groups is 1. The van der Waals surface area contributed by atoms with Gasteiger partial charge in [-0.15, -0.1) is 0 Å². The van der Waals surface area contributed by atoms with Crippen molar-refractivity contribution in [3.63, 3.8) is 0 Å². The zero-order chi connectivity index (χ0) is 13.8. The summed E-state index contributed by atoms with van der Waals surface area (Å²) in [5, 5.41) is 12.8. The Morgan fingerprint density at radius 3 is 2.84 bits per heavy atom. The molecule has 1 fully saturated rings. The minimum Gasteiger partial charge on any atom is -0.507 e. The number of phenols is 1. The highest BCUT2D eigenvalue weighted by atomic mass is 32.2. The Morgan fingerprint density at radius 1 is 1.42 bits per heavy atom. The first kappa shape index (κ1) is 14.2. The molecule has 0 aliphatic heterocycles. The van der Waals surface area contributed by atoms with Gasteiger partial charge < -0.3 is 10.4 Å². The summed E-state index contributed by atoms with van der Waals surface area (Å²) < 4.78 is 13.6. The third-order valence-corrected chi connectivity index (χ3v) is 4.71. The fourth-order valence-electron chi connectivity index (χ4n) is 2.52. The van der Waals surface area contributed by atoms with E-state index in [1.165, 1.54) is 24.6 Å². The quantitative estimate of drug-likeness (QED) is 0.896. The van der Waals surface area contributed by atoms with E-state index in [1.807, 2.05) is 6.26 Å². The van der Waals surface area contributed by atoms with Crippen molar-refractivity contribution in [2.24, 2.45) is 0 Å². The molecule has 0 bridgehead atoms. The number of halogens is 1. The van der Waals surface area contributed by atoms with E-state index in [1.54, 1.807) is 11.8 Å². The number of thioether (sulfide) groups is 1. The summed E-state index contributed by atoms with van der Waals surface area (Å²) in [4.78, 5) is 12.1. The van der Waals surface area contributed by atoms with Gasteiger partial charge >= 0.3 is 0 Å². The molecule has 0 heterocycles. The van der Waals surface area contributed by atoms with Gasteiger partial charge in [-0.2, -0.15) is 11.8 Å². The minimum absolute atomic E-state index is 0.0512. The maximum Gasteiger partial charge on any atom is 0.258 e. The first-order valence-electron chi connectivity index (χ1n) is 6.44. The molecule has 2 atom stereocenters. The van der Waals surface area contributed by atoms with Gasteiger partial charge in [-0.25, -0.2) is 4.39 Å². The summed E-state index contributed by atoms with van der Waals surface area (Å²) in [7, 11) is 0. The number of carbonyl (C=O) groups excluding carboxylic acids is 1. The van der Waals surface area contributed by atoms with E-state index in [0.29, 0.717) is 5.25 Å². The van der Waals surface area contributed by atoms with Crippen molar-refractivity contribution >= 4 is 17.7 Å². The van der Waals surface area contributed by atoms with Crippen LogP contribution in [-0.4, -0.2) is 28.6 Å². The molecule has 1 aromatic rings. The van der Waals surface area contributed by atoms with E-state index in [0.717, 1.165) is 19.3 Å². The van der Waals surface area contributed by atoms with Gasteiger partial charge in [0.2, 0.25) is 0 Å². The van der Waals surface area contributed by atoms with Crippen LogP contribution in [0.4, 0.5) is 4.39 Å². The first-order valence-corrected chi connectivity index (χ1v) is 7.73. The van der Waals surface area contributed by atoms with Crippen LogP contribution in [0.15, 0.2) is 18.2 Å². The molecule has 1 aromatic carbocycles. The van der Waals surface area contributed by atoms with E-state index in [9.17, 15) is 14.3 Å². The zero-order valence-corrected chi connectivity index (χ0v) is 11.7. The summed E-state index contributed by atoms with van der Waals surface area (Å²) in [6.07, 6.45) is 6.24. The summed E-state index contributed by atoms with van der Waals surface area (Å²) in [5.41, 5.74) is -0.257. The van der Waals surface area contributed by atoms with Crippen LogP contribution in [0.3, 0.4) is 0 Å². The molecule has 2 unspecified atom stereocenters. The molecule has 1 aliphatic carbocycles. The van der Waals surface area contributed by atoms with Crippen LogP contribution in [0.2, 0.25) is 0 Å².